The fourth-order valence-corrected chi connectivity index (χ4v) is 3.00. The second-order valence-corrected chi connectivity index (χ2v) is 7.44. The highest BCUT2D eigenvalue weighted by Crippen LogP contribution is 2.22. The zero-order valence-electron chi connectivity index (χ0n) is 11.3. The lowest BCUT2D eigenvalue weighted by Crippen LogP contribution is -2.18. The predicted octanol–water partition coefficient (Wildman–Crippen LogP) is 0.787. The van der Waals surface area contributed by atoms with Gasteiger partial charge >= 0.3 is 0 Å². The maximum atomic E-state index is 12.3. The summed E-state index contributed by atoms with van der Waals surface area (Å²) in [6.45, 7) is 0. The van der Waals surface area contributed by atoms with Crippen molar-refractivity contribution in [2.45, 2.75) is 11.3 Å². The van der Waals surface area contributed by atoms with E-state index < -0.39 is 53.6 Å². The van der Waals surface area contributed by atoms with Crippen LogP contribution in [0.3, 0.4) is 0 Å². The second-order valence-electron chi connectivity index (χ2n) is 4.60. The van der Waals surface area contributed by atoms with Crippen molar-refractivity contribution in [1.82, 2.24) is 0 Å². The van der Waals surface area contributed by atoms with Crippen molar-refractivity contribution in [3.05, 3.63) is 52.5 Å². The van der Waals surface area contributed by atoms with Gasteiger partial charge in [-0.2, -0.15) is 16.8 Å². The monoisotopic (exact) mass is 358 g/mol. The standard InChI is InChI=1S/C13H10O8S2/c14-12-5-4-10(23(19,20)21)7-11(12)13(15)8-2-1-3-9(6-8)22(16,17)18/h1-4,6-7H,5H2,(H,16,17,18)(H,19,20,21). The van der Waals surface area contributed by atoms with Gasteiger partial charge in [0.1, 0.15) is 0 Å². The molecule has 8 nitrogen and oxygen atoms in total. The number of hydrogen-bond acceptors (Lipinski definition) is 6. The third-order valence-corrected chi connectivity index (χ3v) is 4.74. The summed E-state index contributed by atoms with van der Waals surface area (Å²) in [6, 6.07) is 4.30. The van der Waals surface area contributed by atoms with Crippen molar-refractivity contribution >= 4 is 31.8 Å². The molecular weight excluding hydrogens is 348 g/mol. The summed E-state index contributed by atoms with van der Waals surface area (Å²) < 4.78 is 62.3. The van der Waals surface area contributed by atoms with Gasteiger partial charge in [0.15, 0.2) is 11.6 Å². The first kappa shape index (κ1) is 17.2. The van der Waals surface area contributed by atoms with Gasteiger partial charge in [0.25, 0.3) is 20.2 Å². The number of Topliss-reactive ketones (excluding diaryl/α,β-unsaturated/α-hetero) is 2. The maximum Gasteiger partial charge on any atom is 0.294 e. The average Bonchev–Trinajstić information content (AvgIpc) is 2.45. The summed E-state index contributed by atoms with van der Waals surface area (Å²) in [6.07, 6.45) is 1.29. The van der Waals surface area contributed by atoms with Gasteiger partial charge in [0, 0.05) is 12.0 Å². The molecule has 0 amide bonds. The fraction of sp³-hybridized carbons (Fsp3) is 0.0769. The van der Waals surface area contributed by atoms with E-state index in [1.165, 1.54) is 12.1 Å². The van der Waals surface area contributed by atoms with Crippen LogP contribution < -0.4 is 0 Å². The summed E-state index contributed by atoms with van der Waals surface area (Å²) in [5, 5.41) is 0. The van der Waals surface area contributed by atoms with Crippen LogP contribution in [0.15, 0.2) is 51.8 Å². The van der Waals surface area contributed by atoms with Crippen molar-refractivity contribution in [3.63, 3.8) is 0 Å². The zero-order chi connectivity index (χ0) is 17.4. The van der Waals surface area contributed by atoms with Crippen molar-refractivity contribution < 1.29 is 35.5 Å². The van der Waals surface area contributed by atoms with Crippen LogP contribution in [0.4, 0.5) is 0 Å². The normalized spacial score (nSPS) is 15.8. The largest absolute Gasteiger partial charge is 0.294 e. The van der Waals surface area contributed by atoms with E-state index in [0.29, 0.717) is 0 Å². The quantitative estimate of drug-likeness (QED) is 0.457. The molecular formula is C13H10O8S2. The Hall–Kier alpha value is -2.14. The first-order chi connectivity index (χ1) is 10.5. The molecule has 0 saturated carbocycles. The molecule has 1 aromatic rings. The first-order valence-corrected chi connectivity index (χ1v) is 8.93. The number of benzene rings is 1. The number of ketones is 2. The Labute approximate surface area is 131 Å². The van der Waals surface area contributed by atoms with E-state index in [9.17, 15) is 26.4 Å². The zero-order valence-corrected chi connectivity index (χ0v) is 13.0. The highest BCUT2D eigenvalue weighted by molar-refractivity contribution is 7.90. The summed E-state index contributed by atoms with van der Waals surface area (Å²) in [5.74, 6) is -1.60. The molecule has 23 heavy (non-hydrogen) atoms. The number of carbonyl (C=O) groups is 2. The van der Waals surface area contributed by atoms with Crippen molar-refractivity contribution in [1.29, 1.82) is 0 Å². The number of rotatable bonds is 4. The number of hydrogen-bond donors (Lipinski definition) is 2. The van der Waals surface area contributed by atoms with Gasteiger partial charge in [0.05, 0.1) is 15.4 Å². The van der Waals surface area contributed by atoms with Crippen molar-refractivity contribution in [2.24, 2.45) is 0 Å². The van der Waals surface area contributed by atoms with E-state index >= 15 is 0 Å². The molecule has 10 heteroatoms. The summed E-state index contributed by atoms with van der Waals surface area (Å²) in [4.78, 5) is 22.9. The molecule has 0 aliphatic heterocycles. The fourth-order valence-electron chi connectivity index (χ4n) is 1.91. The summed E-state index contributed by atoms with van der Waals surface area (Å²) in [5.41, 5.74) is -0.732. The second kappa shape index (κ2) is 5.81. The molecule has 1 aromatic carbocycles. The van der Waals surface area contributed by atoms with E-state index in [-0.39, 0.29) is 5.56 Å². The van der Waals surface area contributed by atoms with Gasteiger partial charge < -0.3 is 0 Å². The van der Waals surface area contributed by atoms with Crippen LogP contribution in [-0.2, 0) is 25.0 Å². The SMILES string of the molecule is O=C1CC=C(S(=O)(=O)O)C=C1C(=O)c1cccc(S(=O)(=O)O)c1. The molecule has 1 aliphatic carbocycles. The average molecular weight is 358 g/mol. The highest BCUT2D eigenvalue weighted by Gasteiger charge is 2.26. The molecule has 1 aliphatic rings. The van der Waals surface area contributed by atoms with Crippen molar-refractivity contribution in [3.8, 4) is 0 Å². The van der Waals surface area contributed by atoms with Gasteiger partial charge in [-0.3, -0.25) is 18.7 Å². The van der Waals surface area contributed by atoms with E-state index in [4.69, 9.17) is 9.11 Å². The lowest BCUT2D eigenvalue weighted by molar-refractivity contribution is -0.114. The number of carbonyl (C=O) groups excluding carboxylic acids is 2. The van der Waals surface area contributed by atoms with Crippen LogP contribution in [0, 0.1) is 0 Å². The highest BCUT2D eigenvalue weighted by atomic mass is 32.2. The molecule has 0 bridgehead atoms. The van der Waals surface area contributed by atoms with Gasteiger partial charge in [-0.1, -0.05) is 18.2 Å². The van der Waals surface area contributed by atoms with Crippen molar-refractivity contribution in [2.75, 3.05) is 0 Å². The van der Waals surface area contributed by atoms with E-state index in [2.05, 4.69) is 0 Å². The third kappa shape index (κ3) is 3.79. The number of allylic oxidation sites excluding steroid dienone is 3. The Morgan fingerprint density at radius 3 is 2.26 bits per heavy atom. The lowest BCUT2D eigenvalue weighted by Gasteiger charge is -2.11. The molecule has 2 N–H and O–H groups in total. The van der Waals surface area contributed by atoms with Crippen LogP contribution in [0.2, 0.25) is 0 Å². The van der Waals surface area contributed by atoms with Crippen LogP contribution >= 0.6 is 0 Å². The Morgan fingerprint density at radius 1 is 1.04 bits per heavy atom. The smallest absolute Gasteiger partial charge is 0.294 e. The minimum atomic E-state index is -4.58. The van der Waals surface area contributed by atoms with E-state index in [0.717, 1.165) is 24.3 Å². The Kier molecular flexibility index (Phi) is 4.35. The molecule has 0 fully saturated rings. The van der Waals surface area contributed by atoms with E-state index in [1.54, 1.807) is 0 Å². The van der Waals surface area contributed by atoms with Gasteiger partial charge in [-0.15, -0.1) is 0 Å². The Bertz CT molecular complexity index is 965. The minimum absolute atomic E-state index is 0.226. The summed E-state index contributed by atoms with van der Waals surface area (Å²) >= 11 is 0. The minimum Gasteiger partial charge on any atom is -0.294 e. The van der Waals surface area contributed by atoms with Gasteiger partial charge in [-0.05, 0) is 18.2 Å². The van der Waals surface area contributed by atoms with Gasteiger partial charge in [-0.25, -0.2) is 0 Å². The van der Waals surface area contributed by atoms with Gasteiger partial charge in [0.2, 0.25) is 0 Å². The first-order valence-electron chi connectivity index (χ1n) is 6.05. The molecule has 122 valence electrons. The molecule has 0 radical (unpaired) electrons. The Balaban J connectivity index is 2.50. The third-order valence-electron chi connectivity index (χ3n) is 3.01. The molecule has 0 heterocycles. The Morgan fingerprint density at radius 2 is 1.70 bits per heavy atom. The van der Waals surface area contributed by atoms with Crippen LogP contribution in [-0.4, -0.2) is 37.5 Å². The maximum absolute atomic E-state index is 12.3. The molecule has 0 spiro atoms. The summed E-state index contributed by atoms with van der Waals surface area (Å²) in [7, 11) is -9.13. The van der Waals surface area contributed by atoms with Crippen LogP contribution in [0.1, 0.15) is 16.8 Å². The lowest BCUT2D eigenvalue weighted by atomic mass is 9.95. The van der Waals surface area contributed by atoms with E-state index in [1.807, 2.05) is 0 Å². The molecule has 0 saturated heterocycles. The predicted molar refractivity (Wildman–Crippen MR) is 77.9 cm³/mol. The molecule has 0 unspecified atom stereocenters. The molecule has 0 aromatic heterocycles. The van der Waals surface area contributed by atoms with Crippen LogP contribution in [0.25, 0.3) is 0 Å². The topological polar surface area (TPSA) is 143 Å². The van der Waals surface area contributed by atoms with Crippen LogP contribution in [0.5, 0.6) is 0 Å². The molecule has 2 rings (SSSR count). The molecule has 0 atom stereocenters.